The number of aromatic carboxylic acids is 1. The number of nitrogens with one attached hydrogen (secondary N) is 2. The van der Waals surface area contributed by atoms with E-state index in [-0.39, 0.29) is 5.56 Å². The highest BCUT2D eigenvalue weighted by Gasteiger charge is 2.01. The summed E-state index contributed by atoms with van der Waals surface area (Å²) in [5.41, 5.74) is 3.74. The fourth-order valence-corrected chi connectivity index (χ4v) is 1.70. The summed E-state index contributed by atoms with van der Waals surface area (Å²) in [6, 6.07) is 12.2. The van der Waals surface area contributed by atoms with Crippen molar-refractivity contribution in [2.75, 3.05) is 5.32 Å². The second-order valence-corrected chi connectivity index (χ2v) is 4.69. The van der Waals surface area contributed by atoms with E-state index in [2.05, 4.69) is 15.8 Å². The lowest BCUT2D eigenvalue weighted by atomic mass is 10.1. The lowest BCUT2D eigenvalue weighted by Crippen LogP contribution is -2.24. The molecule has 2 aromatic carbocycles. The van der Waals surface area contributed by atoms with Crippen LogP contribution < -0.4 is 10.7 Å². The highest BCUT2D eigenvalue weighted by Crippen LogP contribution is 2.12. The Bertz CT molecular complexity index is 697. The zero-order chi connectivity index (χ0) is 15.9. The van der Waals surface area contributed by atoms with Gasteiger partial charge in [0.25, 0.3) is 0 Å². The van der Waals surface area contributed by atoms with Crippen molar-refractivity contribution in [3.05, 3.63) is 64.7 Å². The van der Waals surface area contributed by atoms with Crippen LogP contribution in [0, 0.1) is 0 Å². The summed E-state index contributed by atoms with van der Waals surface area (Å²) in [6.07, 6.45) is 1.41. The molecule has 0 saturated heterocycles. The Hall–Kier alpha value is -2.86. The third-order valence-electron chi connectivity index (χ3n) is 2.64. The molecule has 7 heteroatoms. The first-order chi connectivity index (χ1) is 10.5. The van der Waals surface area contributed by atoms with Gasteiger partial charge in [0.1, 0.15) is 0 Å². The second-order valence-electron chi connectivity index (χ2n) is 4.26. The van der Waals surface area contributed by atoms with Gasteiger partial charge in [-0.2, -0.15) is 5.10 Å². The maximum Gasteiger partial charge on any atom is 0.339 e. The van der Waals surface area contributed by atoms with Crippen molar-refractivity contribution in [1.29, 1.82) is 0 Å². The van der Waals surface area contributed by atoms with Crippen LogP contribution in [0.25, 0.3) is 0 Å². The van der Waals surface area contributed by atoms with Gasteiger partial charge in [0.05, 0.1) is 11.8 Å². The van der Waals surface area contributed by atoms with Crippen LogP contribution in [-0.2, 0) is 0 Å². The van der Waals surface area contributed by atoms with Crippen molar-refractivity contribution in [3.63, 3.8) is 0 Å². The van der Waals surface area contributed by atoms with E-state index >= 15 is 0 Å². The molecule has 2 amide bonds. The number of rotatable bonds is 4. The predicted molar refractivity (Wildman–Crippen MR) is 84.6 cm³/mol. The number of carboxylic acids is 1. The van der Waals surface area contributed by atoms with Crippen LogP contribution in [-0.4, -0.2) is 23.3 Å². The van der Waals surface area contributed by atoms with E-state index in [0.29, 0.717) is 16.3 Å². The van der Waals surface area contributed by atoms with Crippen molar-refractivity contribution in [2.45, 2.75) is 0 Å². The minimum atomic E-state index is -0.996. The van der Waals surface area contributed by atoms with Crippen molar-refractivity contribution >= 4 is 35.5 Å². The molecule has 0 aliphatic heterocycles. The van der Waals surface area contributed by atoms with Crippen LogP contribution in [0.1, 0.15) is 15.9 Å². The van der Waals surface area contributed by atoms with Crippen LogP contribution >= 0.6 is 11.6 Å². The first kappa shape index (κ1) is 15.5. The fraction of sp³-hybridized carbons (Fsp3) is 0. The number of urea groups is 1. The molecular weight excluding hydrogens is 306 g/mol. The monoisotopic (exact) mass is 317 g/mol. The van der Waals surface area contributed by atoms with Crippen LogP contribution in [0.15, 0.2) is 53.6 Å². The van der Waals surface area contributed by atoms with Crippen molar-refractivity contribution < 1.29 is 14.7 Å². The van der Waals surface area contributed by atoms with E-state index in [4.69, 9.17) is 16.7 Å². The van der Waals surface area contributed by atoms with Crippen LogP contribution in [0.3, 0.4) is 0 Å². The van der Waals surface area contributed by atoms with E-state index in [9.17, 15) is 9.59 Å². The molecule has 0 fully saturated rings. The summed E-state index contributed by atoms with van der Waals surface area (Å²) in [6.45, 7) is 0. The SMILES string of the molecule is O=C(N/N=C\c1ccc(C(=O)O)cc1)Nc1ccc(Cl)cc1. The molecule has 0 aromatic heterocycles. The van der Waals surface area contributed by atoms with Gasteiger partial charge >= 0.3 is 12.0 Å². The molecule has 0 bridgehead atoms. The van der Waals surface area contributed by atoms with E-state index in [1.807, 2.05) is 0 Å². The first-order valence-electron chi connectivity index (χ1n) is 6.23. The maximum absolute atomic E-state index is 11.6. The molecule has 3 N–H and O–H groups in total. The summed E-state index contributed by atoms with van der Waals surface area (Å²) >= 11 is 5.74. The summed E-state index contributed by atoms with van der Waals surface area (Å²) in [5, 5.41) is 15.7. The maximum atomic E-state index is 11.6. The smallest absolute Gasteiger partial charge is 0.339 e. The molecule has 0 heterocycles. The molecule has 0 aliphatic carbocycles. The number of nitrogens with zero attached hydrogens (tertiary/aromatic N) is 1. The van der Waals surface area contributed by atoms with Crippen LogP contribution in [0.4, 0.5) is 10.5 Å². The van der Waals surface area contributed by atoms with Gasteiger partial charge in [-0.25, -0.2) is 15.0 Å². The molecular formula is C15H12ClN3O3. The van der Waals surface area contributed by atoms with E-state index in [1.54, 1.807) is 36.4 Å². The lowest BCUT2D eigenvalue weighted by molar-refractivity contribution is 0.0697. The minimum Gasteiger partial charge on any atom is -0.478 e. The topological polar surface area (TPSA) is 90.8 Å². The molecule has 0 atom stereocenters. The summed E-state index contributed by atoms with van der Waals surface area (Å²) in [4.78, 5) is 22.3. The number of hydrogen-bond donors (Lipinski definition) is 3. The molecule has 0 spiro atoms. The number of anilines is 1. The Morgan fingerprint density at radius 2 is 1.68 bits per heavy atom. The minimum absolute atomic E-state index is 0.186. The standard InChI is InChI=1S/C15H12ClN3O3/c16-12-5-7-13(8-6-12)18-15(22)19-17-9-10-1-3-11(4-2-10)14(20)21/h1-9H,(H,20,21)(H2,18,19,22)/b17-9-. The average Bonchev–Trinajstić information content (AvgIpc) is 2.50. The van der Waals surface area contributed by atoms with Crippen molar-refractivity contribution in [2.24, 2.45) is 5.10 Å². The first-order valence-corrected chi connectivity index (χ1v) is 6.61. The lowest BCUT2D eigenvalue weighted by Gasteiger charge is -2.03. The zero-order valence-corrected chi connectivity index (χ0v) is 12.0. The van der Waals surface area contributed by atoms with Gasteiger partial charge in [-0.1, -0.05) is 23.7 Å². The number of amides is 2. The van der Waals surface area contributed by atoms with Gasteiger partial charge in [0, 0.05) is 10.7 Å². The number of carbonyl (C=O) groups excluding carboxylic acids is 1. The quantitative estimate of drug-likeness (QED) is 0.597. The van der Waals surface area contributed by atoms with Gasteiger partial charge in [-0.15, -0.1) is 0 Å². The Balaban J connectivity index is 1.87. The number of carbonyl (C=O) groups is 2. The van der Waals surface area contributed by atoms with Crippen LogP contribution in [0.2, 0.25) is 5.02 Å². The van der Waals surface area contributed by atoms with E-state index in [1.165, 1.54) is 18.3 Å². The molecule has 22 heavy (non-hydrogen) atoms. The highest BCUT2D eigenvalue weighted by molar-refractivity contribution is 6.30. The highest BCUT2D eigenvalue weighted by atomic mass is 35.5. The zero-order valence-electron chi connectivity index (χ0n) is 11.3. The molecule has 0 radical (unpaired) electrons. The third-order valence-corrected chi connectivity index (χ3v) is 2.89. The molecule has 0 aliphatic rings. The van der Waals surface area contributed by atoms with Gasteiger partial charge < -0.3 is 10.4 Å². The summed E-state index contributed by atoms with van der Waals surface area (Å²) in [5.74, 6) is -0.996. The van der Waals surface area contributed by atoms with Gasteiger partial charge in [0.15, 0.2) is 0 Å². The molecule has 0 saturated carbocycles. The molecule has 6 nitrogen and oxygen atoms in total. The molecule has 112 valence electrons. The van der Waals surface area contributed by atoms with E-state index in [0.717, 1.165) is 0 Å². The number of benzene rings is 2. The Morgan fingerprint density at radius 1 is 1.05 bits per heavy atom. The van der Waals surface area contributed by atoms with Gasteiger partial charge in [-0.3, -0.25) is 0 Å². The second kappa shape index (κ2) is 7.24. The molecule has 0 unspecified atom stereocenters. The average molecular weight is 318 g/mol. The Kier molecular flexibility index (Phi) is 5.11. The number of halogens is 1. The third kappa shape index (κ3) is 4.60. The predicted octanol–water partition coefficient (Wildman–Crippen LogP) is 3.19. The number of carboxylic acid groups (broad SMARTS) is 1. The summed E-state index contributed by atoms with van der Waals surface area (Å²) < 4.78 is 0. The Labute approximate surface area is 131 Å². The fourth-order valence-electron chi connectivity index (χ4n) is 1.57. The normalized spacial score (nSPS) is 10.4. The van der Waals surface area contributed by atoms with Gasteiger partial charge in [0.2, 0.25) is 0 Å². The molecule has 2 rings (SSSR count). The largest absolute Gasteiger partial charge is 0.478 e. The number of hydrazone groups is 1. The van der Waals surface area contributed by atoms with Crippen molar-refractivity contribution in [3.8, 4) is 0 Å². The van der Waals surface area contributed by atoms with Crippen LogP contribution in [0.5, 0.6) is 0 Å². The van der Waals surface area contributed by atoms with Gasteiger partial charge in [-0.05, 0) is 42.0 Å². The summed E-state index contributed by atoms with van der Waals surface area (Å²) in [7, 11) is 0. The van der Waals surface area contributed by atoms with E-state index < -0.39 is 12.0 Å². The molecule has 2 aromatic rings. The van der Waals surface area contributed by atoms with Crippen molar-refractivity contribution in [1.82, 2.24) is 5.43 Å². The number of hydrogen-bond acceptors (Lipinski definition) is 3. The Morgan fingerprint density at radius 3 is 2.27 bits per heavy atom.